The summed E-state index contributed by atoms with van der Waals surface area (Å²) in [5.74, 6) is 1.18. The van der Waals surface area contributed by atoms with Crippen LogP contribution in [0.15, 0.2) is 24.3 Å². The molecule has 21 heavy (non-hydrogen) atoms. The minimum atomic E-state index is 0.229. The van der Waals surface area contributed by atoms with Gasteiger partial charge in [-0.25, -0.2) is 0 Å². The van der Waals surface area contributed by atoms with Crippen LogP contribution < -0.4 is 10.1 Å². The Bertz CT molecular complexity index is 456. The van der Waals surface area contributed by atoms with Gasteiger partial charge in [0.2, 0.25) is 5.91 Å². The Kier molecular flexibility index (Phi) is 6.05. The topological polar surface area (TPSA) is 41.6 Å². The number of amides is 1. The molecule has 1 saturated heterocycles. The Hall–Kier alpha value is -1.55. The van der Waals surface area contributed by atoms with E-state index in [9.17, 15) is 4.79 Å². The Morgan fingerprint density at radius 2 is 2.05 bits per heavy atom. The van der Waals surface area contributed by atoms with E-state index in [2.05, 4.69) is 18.3 Å². The van der Waals surface area contributed by atoms with Crippen LogP contribution in [0, 0.1) is 0 Å². The molecule has 2 rings (SSSR count). The quantitative estimate of drug-likeness (QED) is 0.839. The SMILES string of the molecule is CCC(NCCC(=O)N1CCCC1)c1ccccc1OC. The number of nitrogens with zero attached hydrogens (tertiary/aromatic N) is 1. The molecular formula is C17H26N2O2. The molecular weight excluding hydrogens is 264 g/mol. The van der Waals surface area contributed by atoms with Gasteiger partial charge in [-0.1, -0.05) is 25.1 Å². The smallest absolute Gasteiger partial charge is 0.223 e. The maximum absolute atomic E-state index is 12.0. The number of benzene rings is 1. The van der Waals surface area contributed by atoms with Gasteiger partial charge in [-0.05, 0) is 25.3 Å². The van der Waals surface area contributed by atoms with E-state index in [1.807, 2.05) is 23.1 Å². The van der Waals surface area contributed by atoms with E-state index in [1.54, 1.807) is 7.11 Å². The summed E-state index contributed by atoms with van der Waals surface area (Å²) in [5.41, 5.74) is 1.16. The lowest BCUT2D eigenvalue weighted by Gasteiger charge is -2.21. The van der Waals surface area contributed by atoms with Crippen LogP contribution in [0.1, 0.15) is 44.2 Å². The first-order chi connectivity index (χ1) is 10.3. The fraction of sp³-hybridized carbons (Fsp3) is 0.588. The Morgan fingerprint density at radius 1 is 1.33 bits per heavy atom. The molecule has 1 aliphatic rings. The summed E-state index contributed by atoms with van der Waals surface area (Å²) in [7, 11) is 1.70. The zero-order chi connectivity index (χ0) is 15.1. The third-order valence-corrected chi connectivity index (χ3v) is 4.11. The van der Waals surface area contributed by atoms with Crippen molar-refractivity contribution < 1.29 is 9.53 Å². The van der Waals surface area contributed by atoms with Gasteiger partial charge in [0, 0.05) is 37.7 Å². The van der Waals surface area contributed by atoms with Gasteiger partial charge in [-0.3, -0.25) is 4.79 Å². The average Bonchev–Trinajstić information content (AvgIpc) is 3.06. The average molecular weight is 290 g/mol. The van der Waals surface area contributed by atoms with Gasteiger partial charge in [0.1, 0.15) is 5.75 Å². The Labute approximate surface area is 127 Å². The van der Waals surface area contributed by atoms with Crippen LogP contribution >= 0.6 is 0 Å². The molecule has 0 bridgehead atoms. The van der Waals surface area contributed by atoms with Crippen molar-refractivity contribution >= 4 is 5.91 Å². The van der Waals surface area contributed by atoms with E-state index < -0.39 is 0 Å². The van der Waals surface area contributed by atoms with Gasteiger partial charge in [0.25, 0.3) is 0 Å². The Balaban J connectivity index is 1.86. The van der Waals surface area contributed by atoms with Gasteiger partial charge in [-0.2, -0.15) is 0 Å². The number of methoxy groups -OCH3 is 1. The molecule has 0 spiro atoms. The molecule has 1 atom stereocenters. The minimum absolute atomic E-state index is 0.229. The molecule has 1 aliphatic heterocycles. The first kappa shape index (κ1) is 15.8. The molecule has 1 amide bonds. The first-order valence-corrected chi connectivity index (χ1v) is 7.90. The number of hydrogen-bond acceptors (Lipinski definition) is 3. The third kappa shape index (κ3) is 4.21. The number of carbonyl (C=O) groups excluding carboxylic acids is 1. The number of carbonyl (C=O) groups is 1. The monoisotopic (exact) mass is 290 g/mol. The van der Waals surface area contributed by atoms with Crippen molar-refractivity contribution in [3.63, 3.8) is 0 Å². The third-order valence-electron chi connectivity index (χ3n) is 4.11. The highest BCUT2D eigenvalue weighted by Crippen LogP contribution is 2.26. The normalized spacial score (nSPS) is 16.0. The van der Waals surface area contributed by atoms with E-state index >= 15 is 0 Å². The molecule has 0 saturated carbocycles. The molecule has 116 valence electrons. The van der Waals surface area contributed by atoms with E-state index in [1.165, 1.54) is 0 Å². The number of likely N-dealkylation sites (tertiary alicyclic amines) is 1. The minimum Gasteiger partial charge on any atom is -0.496 e. The lowest BCUT2D eigenvalue weighted by atomic mass is 10.0. The van der Waals surface area contributed by atoms with E-state index in [0.29, 0.717) is 13.0 Å². The highest BCUT2D eigenvalue weighted by molar-refractivity contribution is 5.76. The maximum atomic E-state index is 12.0. The lowest BCUT2D eigenvalue weighted by molar-refractivity contribution is -0.130. The number of nitrogens with one attached hydrogen (secondary N) is 1. The fourth-order valence-electron chi connectivity index (χ4n) is 2.91. The molecule has 0 aromatic heterocycles. The van der Waals surface area contributed by atoms with Gasteiger partial charge in [0.15, 0.2) is 0 Å². The zero-order valence-electron chi connectivity index (χ0n) is 13.1. The summed E-state index contributed by atoms with van der Waals surface area (Å²) in [5, 5.41) is 3.49. The van der Waals surface area contributed by atoms with Crippen molar-refractivity contribution in [2.24, 2.45) is 0 Å². The fourth-order valence-corrected chi connectivity index (χ4v) is 2.91. The van der Waals surface area contributed by atoms with Crippen LogP contribution in [-0.2, 0) is 4.79 Å². The molecule has 1 aromatic carbocycles. The van der Waals surface area contributed by atoms with Crippen LogP contribution in [0.5, 0.6) is 5.75 Å². The summed E-state index contributed by atoms with van der Waals surface area (Å²) in [6.45, 7) is 4.73. The maximum Gasteiger partial charge on any atom is 0.223 e. The molecule has 0 radical (unpaired) electrons. The van der Waals surface area contributed by atoms with Crippen molar-refractivity contribution in [2.75, 3.05) is 26.7 Å². The number of rotatable bonds is 7. The molecule has 4 nitrogen and oxygen atoms in total. The van der Waals surface area contributed by atoms with Gasteiger partial charge >= 0.3 is 0 Å². The van der Waals surface area contributed by atoms with Crippen LogP contribution in [0.3, 0.4) is 0 Å². The molecule has 1 fully saturated rings. The van der Waals surface area contributed by atoms with Crippen molar-refractivity contribution in [1.82, 2.24) is 10.2 Å². The second-order valence-electron chi connectivity index (χ2n) is 5.49. The zero-order valence-corrected chi connectivity index (χ0v) is 13.1. The standard InChI is InChI=1S/C17H26N2O2/c1-3-15(14-8-4-5-9-16(14)21-2)18-11-10-17(20)19-12-6-7-13-19/h4-5,8-9,15,18H,3,6-7,10-13H2,1-2H3. The second kappa shape index (κ2) is 8.03. The highest BCUT2D eigenvalue weighted by atomic mass is 16.5. The van der Waals surface area contributed by atoms with Crippen LogP contribution in [-0.4, -0.2) is 37.6 Å². The predicted octanol–water partition coefficient (Wildman–Crippen LogP) is 2.75. The second-order valence-corrected chi connectivity index (χ2v) is 5.49. The van der Waals surface area contributed by atoms with E-state index in [0.717, 1.165) is 43.7 Å². The van der Waals surface area contributed by atoms with Crippen LogP contribution in [0.2, 0.25) is 0 Å². The summed E-state index contributed by atoms with van der Waals surface area (Å²) >= 11 is 0. The van der Waals surface area contributed by atoms with Crippen molar-refractivity contribution in [3.8, 4) is 5.75 Å². The summed E-state index contributed by atoms with van der Waals surface area (Å²) in [6.07, 6.45) is 3.85. The van der Waals surface area contributed by atoms with E-state index in [4.69, 9.17) is 4.74 Å². The van der Waals surface area contributed by atoms with Gasteiger partial charge in [-0.15, -0.1) is 0 Å². The highest BCUT2D eigenvalue weighted by Gasteiger charge is 2.18. The van der Waals surface area contributed by atoms with Gasteiger partial charge in [0.05, 0.1) is 7.11 Å². The molecule has 1 aromatic rings. The van der Waals surface area contributed by atoms with E-state index in [-0.39, 0.29) is 11.9 Å². The summed E-state index contributed by atoms with van der Waals surface area (Å²) in [4.78, 5) is 14.0. The number of ether oxygens (including phenoxy) is 1. The van der Waals surface area contributed by atoms with Gasteiger partial charge < -0.3 is 15.0 Å². The predicted molar refractivity (Wildman–Crippen MR) is 84.5 cm³/mol. The summed E-state index contributed by atoms with van der Waals surface area (Å²) in [6, 6.07) is 8.30. The van der Waals surface area contributed by atoms with Crippen molar-refractivity contribution in [3.05, 3.63) is 29.8 Å². The summed E-state index contributed by atoms with van der Waals surface area (Å²) < 4.78 is 5.42. The number of hydrogen-bond donors (Lipinski definition) is 1. The lowest BCUT2D eigenvalue weighted by Crippen LogP contribution is -2.31. The van der Waals surface area contributed by atoms with Crippen LogP contribution in [0.4, 0.5) is 0 Å². The molecule has 1 unspecified atom stereocenters. The largest absolute Gasteiger partial charge is 0.496 e. The van der Waals surface area contributed by atoms with Crippen molar-refractivity contribution in [1.29, 1.82) is 0 Å². The molecule has 0 aliphatic carbocycles. The van der Waals surface area contributed by atoms with Crippen LogP contribution in [0.25, 0.3) is 0 Å². The number of para-hydroxylation sites is 1. The first-order valence-electron chi connectivity index (χ1n) is 7.90. The molecule has 1 N–H and O–H groups in total. The van der Waals surface area contributed by atoms with Crippen molar-refractivity contribution in [2.45, 2.75) is 38.6 Å². The molecule has 4 heteroatoms. The molecule has 1 heterocycles. The Morgan fingerprint density at radius 3 is 2.71 bits per heavy atom.